The second-order valence-electron chi connectivity index (χ2n) is 20.3. The number of carboxylic acid groups (broad SMARTS) is 1. The summed E-state index contributed by atoms with van der Waals surface area (Å²) in [7, 11) is 0. The summed E-state index contributed by atoms with van der Waals surface area (Å²) in [4.78, 5) is 96.9. The van der Waals surface area contributed by atoms with Crippen molar-refractivity contribution < 1.29 is 48.1 Å². The van der Waals surface area contributed by atoms with Crippen LogP contribution in [-0.4, -0.2) is 116 Å². The first-order chi connectivity index (χ1) is 35.2. The van der Waals surface area contributed by atoms with Crippen LogP contribution in [0.1, 0.15) is 227 Å². The fraction of sp³-hybridized carbons (Fsp3) is 0.852. The lowest BCUT2D eigenvalue weighted by Gasteiger charge is -2.27. The van der Waals surface area contributed by atoms with Crippen molar-refractivity contribution in [3.05, 3.63) is 0 Å². The van der Waals surface area contributed by atoms with Gasteiger partial charge < -0.3 is 57.9 Å². The Morgan fingerprint density at radius 2 is 1.08 bits per heavy atom. The van der Waals surface area contributed by atoms with Gasteiger partial charge in [0, 0.05) is 26.2 Å². The van der Waals surface area contributed by atoms with E-state index < -0.39 is 84.8 Å². The van der Waals surface area contributed by atoms with Crippen molar-refractivity contribution in [2.45, 2.75) is 257 Å². The minimum atomic E-state index is -1.62. The van der Waals surface area contributed by atoms with Crippen molar-refractivity contribution in [3.8, 4) is 0 Å². The van der Waals surface area contributed by atoms with Crippen LogP contribution in [-0.2, 0) is 43.0 Å². The molecular weight excluding hydrogens is 935 g/mol. The van der Waals surface area contributed by atoms with E-state index in [-0.39, 0.29) is 50.7 Å². The van der Waals surface area contributed by atoms with E-state index in [0.717, 1.165) is 38.5 Å². The summed E-state index contributed by atoms with van der Waals surface area (Å²) in [5.74, 6) is -6.30. The normalized spacial score (nSPS) is 18.4. The first-order valence-corrected chi connectivity index (χ1v) is 28.4. The summed E-state index contributed by atoms with van der Waals surface area (Å²) >= 11 is 0. The molecule has 0 aromatic carbocycles. The van der Waals surface area contributed by atoms with Crippen LogP contribution in [0.25, 0.3) is 0 Å². The van der Waals surface area contributed by atoms with Crippen LogP contribution in [0.3, 0.4) is 0 Å². The van der Waals surface area contributed by atoms with Gasteiger partial charge in [-0.1, -0.05) is 169 Å². The Hall–Kier alpha value is -4.52. The van der Waals surface area contributed by atoms with Crippen molar-refractivity contribution in [2.75, 3.05) is 32.9 Å². The Morgan fingerprint density at radius 1 is 0.603 bits per heavy atom. The maximum Gasteiger partial charge on any atom is 0.305 e. The van der Waals surface area contributed by atoms with Crippen LogP contribution in [0.5, 0.6) is 0 Å². The summed E-state index contributed by atoms with van der Waals surface area (Å²) in [6.45, 7) is 8.73. The van der Waals surface area contributed by atoms with Crippen molar-refractivity contribution in [3.63, 3.8) is 0 Å². The van der Waals surface area contributed by atoms with E-state index >= 15 is 0 Å². The summed E-state index contributed by atoms with van der Waals surface area (Å²) in [5.41, 5.74) is 10.8. The van der Waals surface area contributed by atoms with Gasteiger partial charge in [0.25, 0.3) is 0 Å². The number of nitrogens with zero attached hydrogens (tertiary/aromatic N) is 1. The number of hydrogen-bond donors (Lipinski definition) is 9. The lowest BCUT2D eigenvalue weighted by Crippen LogP contribution is -2.59. The van der Waals surface area contributed by atoms with Crippen LogP contribution in [0.2, 0.25) is 0 Å². The van der Waals surface area contributed by atoms with Gasteiger partial charge in [0.15, 0.2) is 12.2 Å². The van der Waals surface area contributed by atoms with E-state index in [1.165, 1.54) is 116 Å². The van der Waals surface area contributed by atoms with Crippen LogP contribution in [0, 0.1) is 5.92 Å². The molecular formula is C54H101N9O10. The maximum absolute atomic E-state index is 14.0. The summed E-state index contributed by atoms with van der Waals surface area (Å²) in [6, 6.07) is -5.24. The van der Waals surface area contributed by atoms with Gasteiger partial charge in [-0.15, -0.1) is 0 Å². The average Bonchev–Trinajstić information content (AvgIpc) is 3.34. The van der Waals surface area contributed by atoms with E-state index in [1.807, 2.05) is 0 Å². The molecule has 2 unspecified atom stereocenters. The number of carbonyl (C=O) groups is 7. The number of aliphatic carboxylic acids is 1. The van der Waals surface area contributed by atoms with E-state index in [2.05, 4.69) is 50.7 Å². The molecule has 0 aliphatic carbocycles. The Morgan fingerprint density at radius 3 is 1.60 bits per heavy atom. The average molecular weight is 1040 g/mol. The second-order valence-corrected chi connectivity index (χ2v) is 20.3. The van der Waals surface area contributed by atoms with E-state index in [4.69, 9.17) is 20.9 Å². The van der Waals surface area contributed by atoms with Gasteiger partial charge >= 0.3 is 5.97 Å². The zero-order valence-electron chi connectivity index (χ0n) is 45.6. The van der Waals surface area contributed by atoms with E-state index in [0.29, 0.717) is 26.1 Å². The molecule has 73 heavy (non-hydrogen) atoms. The van der Waals surface area contributed by atoms with Crippen molar-refractivity contribution in [1.82, 2.24) is 31.9 Å². The standard InChI is InChI=1S/C54H101N9O10/c1-5-7-9-11-13-15-17-19-21-23-25-29-36-72-40-47(73-37-30-26-24-22-20-18-16-14-12-10-8-6-2)62-45(64)34-31-33-43-51(69)63-49(41(3)4)53(71)61-42(32-27-28-35-57-54(55)56)50(68)58-39-46(65)59-44(38-48(66)67)52(70)60-43/h41-44,47,49H,5-40H2,1-4H3,(H,58,68)(H,59,65)(H,60,70)(H,61,71)(H,62,64)(H,63,69)(H,66,67)(H4,55,56,57)/t42?,43-,44-,47?,49+/m0/s1. The Labute approximate surface area is 438 Å². The number of nitrogens with two attached hydrogens (primary N) is 2. The SMILES string of the molecule is CCCCCCCCCCCCCCOCC(NC(=O)CCC[C@@H]1NC(=O)[C@H](CC(=O)O)NC(=O)CNC(=O)C(CCCCN=C(N)N)NC(=O)[C@@H](C(C)C)NC1=O)OCCCCCCCCCCCCCC. The van der Waals surface area contributed by atoms with Gasteiger partial charge in [0.2, 0.25) is 35.4 Å². The minimum absolute atomic E-state index is 0.0567. The number of hydrogen-bond acceptors (Lipinski definition) is 10. The molecule has 1 fully saturated rings. The molecule has 11 N–H and O–H groups in total. The van der Waals surface area contributed by atoms with Crippen LogP contribution < -0.4 is 43.4 Å². The molecule has 1 rings (SSSR count). The van der Waals surface area contributed by atoms with Gasteiger partial charge in [0.05, 0.1) is 19.6 Å². The van der Waals surface area contributed by atoms with Crippen LogP contribution in [0.15, 0.2) is 4.99 Å². The summed E-state index contributed by atoms with van der Waals surface area (Å²) in [5, 5.41) is 25.3. The molecule has 0 saturated carbocycles. The quantitative estimate of drug-likeness (QED) is 0.0134. The fourth-order valence-corrected chi connectivity index (χ4v) is 8.70. The molecule has 0 aromatic rings. The molecule has 0 aromatic heterocycles. The van der Waals surface area contributed by atoms with Crippen molar-refractivity contribution in [1.29, 1.82) is 0 Å². The third kappa shape index (κ3) is 36.1. The van der Waals surface area contributed by atoms with Crippen molar-refractivity contribution >= 4 is 47.4 Å². The smallest absolute Gasteiger partial charge is 0.305 e. The van der Waals surface area contributed by atoms with Gasteiger partial charge in [-0.2, -0.15) is 0 Å². The third-order valence-electron chi connectivity index (χ3n) is 13.1. The van der Waals surface area contributed by atoms with Crippen molar-refractivity contribution in [2.24, 2.45) is 22.4 Å². The fourth-order valence-electron chi connectivity index (χ4n) is 8.70. The molecule has 1 aliphatic rings. The van der Waals surface area contributed by atoms with Gasteiger partial charge in [0.1, 0.15) is 24.2 Å². The van der Waals surface area contributed by atoms with Crippen LogP contribution >= 0.6 is 0 Å². The highest BCUT2D eigenvalue weighted by atomic mass is 16.5. The number of nitrogens with one attached hydrogen (secondary N) is 6. The number of aliphatic imine (C=N–C) groups is 1. The molecule has 0 spiro atoms. The minimum Gasteiger partial charge on any atom is -0.481 e. The zero-order chi connectivity index (χ0) is 53.9. The summed E-state index contributed by atoms with van der Waals surface area (Å²) in [6.07, 6.45) is 28.9. The predicted molar refractivity (Wildman–Crippen MR) is 287 cm³/mol. The predicted octanol–water partition coefficient (Wildman–Crippen LogP) is 6.68. The van der Waals surface area contributed by atoms with E-state index in [9.17, 15) is 38.7 Å². The first kappa shape index (κ1) is 66.5. The molecule has 19 nitrogen and oxygen atoms in total. The molecule has 1 saturated heterocycles. The van der Waals surface area contributed by atoms with E-state index in [1.54, 1.807) is 13.8 Å². The number of rotatable bonds is 42. The number of guanidine groups is 1. The highest BCUT2D eigenvalue weighted by Gasteiger charge is 2.34. The third-order valence-corrected chi connectivity index (χ3v) is 13.1. The Kier molecular flexibility index (Phi) is 39.9. The molecule has 6 amide bonds. The highest BCUT2D eigenvalue weighted by Crippen LogP contribution is 2.15. The molecule has 1 heterocycles. The number of carbonyl (C=O) groups excluding carboxylic acids is 6. The molecule has 0 radical (unpaired) electrons. The van der Waals surface area contributed by atoms with Gasteiger partial charge in [-0.05, 0) is 50.9 Å². The molecule has 0 bridgehead atoms. The first-order valence-electron chi connectivity index (χ1n) is 28.4. The number of carboxylic acids is 1. The molecule has 1 aliphatic heterocycles. The van der Waals surface area contributed by atoms with Gasteiger partial charge in [-0.25, -0.2) is 0 Å². The monoisotopic (exact) mass is 1040 g/mol. The number of amides is 6. The highest BCUT2D eigenvalue weighted by molar-refractivity contribution is 5.98. The molecule has 19 heteroatoms. The lowest BCUT2D eigenvalue weighted by atomic mass is 10.00. The topological polar surface area (TPSA) is 295 Å². The lowest BCUT2D eigenvalue weighted by molar-refractivity contribution is -0.141. The van der Waals surface area contributed by atoms with Gasteiger partial charge in [-0.3, -0.25) is 38.6 Å². The maximum atomic E-state index is 14.0. The Balaban J connectivity index is 3.00. The molecule has 5 atom stereocenters. The van der Waals surface area contributed by atoms with Crippen LogP contribution in [0.4, 0.5) is 0 Å². The number of ether oxygens (including phenoxy) is 2. The zero-order valence-corrected chi connectivity index (χ0v) is 45.6. The largest absolute Gasteiger partial charge is 0.481 e. The number of unbranched alkanes of at least 4 members (excludes halogenated alkanes) is 23. The Bertz CT molecular complexity index is 1560. The summed E-state index contributed by atoms with van der Waals surface area (Å²) < 4.78 is 12.2. The second kappa shape index (κ2) is 43.8. The molecule has 422 valence electrons.